The van der Waals surface area contributed by atoms with Crippen LogP contribution in [0, 0.1) is 0 Å². The number of hydrogen-bond acceptors (Lipinski definition) is 0. The summed E-state index contributed by atoms with van der Waals surface area (Å²) in [4.78, 5) is 0. The highest BCUT2D eigenvalue weighted by Gasteiger charge is 2.54. The Bertz CT molecular complexity index is 110. The topological polar surface area (TPSA) is 0 Å². The minimum Gasteiger partial charge on any atom is -0.0802 e. The first-order chi connectivity index (χ1) is 3.98. The third-order valence-electron chi connectivity index (χ3n) is 1.64. The van der Waals surface area contributed by atoms with E-state index in [2.05, 4.69) is 97.3 Å². The van der Waals surface area contributed by atoms with Crippen molar-refractivity contribution in [3.8, 4) is 0 Å². The third kappa shape index (κ3) is 1.65. The van der Waals surface area contributed by atoms with Crippen molar-refractivity contribution in [1.82, 2.24) is 0 Å². The van der Waals surface area contributed by atoms with E-state index in [4.69, 9.17) is 0 Å². The molecule has 0 aliphatic heterocycles. The van der Waals surface area contributed by atoms with Gasteiger partial charge >= 0.3 is 0 Å². The van der Waals surface area contributed by atoms with Crippen LogP contribution in [0.5, 0.6) is 0 Å². The number of halogens is 4. The van der Waals surface area contributed by atoms with Gasteiger partial charge in [-0.2, -0.15) is 0 Å². The Kier molecular flexibility index (Phi) is 3.72. The third-order valence-corrected chi connectivity index (χ3v) is 13.7. The molecule has 2 unspecified atom stereocenters. The monoisotopic (exact) mass is 574 g/mol. The van der Waals surface area contributed by atoms with Crippen molar-refractivity contribution in [3.05, 3.63) is 0 Å². The van der Waals surface area contributed by atoms with E-state index in [1.807, 2.05) is 0 Å². The zero-order valence-corrected chi connectivity index (χ0v) is 13.4. The summed E-state index contributed by atoms with van der Waals surface area (Å²) in [6, 6.07) is 0. The smallest absolute Gasteiger partial charge is 0.0450 e. The fourth-order valence-corrected chi connectivity index (χ4v) is 7.54. The van der Waals surface area contributed by atoms with Crippen molar-refractivity contribution in [2.75, 3.05) is 0 Å². The van der Waals surface area contributed by atoms with Crippen LogP contribution in [0.4, 0.5) is 0 Å². The predicted molar refractivity (Wildman–Crippen MR) is 75.8 cm³/mol. The van der Waals surface area contributed by atoms with E-state index < -0.39 is 0 Å². The Morgan fingerprint density at radius 3 is 1.56 bits per heavy atom. The van der Waals surface area contributed by atoms with E-state index in [-0.39, 0.29) is 0 Å². The molecule has 0 nitrogen and oxygen atoms in total. The van der Waals surface area contributed by atoms with Crippen LogP contribution in [0.2, 0.25) is 0 Å². The van der Waals surface area contributed by atoms with E-state index >= 15 is 0 Å². The van der Waals surface area contributed by atoms with E-state index in [0.717, 1.165) is 11.8 Å². The molecule has 4 heteroatoms. The van der Waals surface area contributed by atoms with Gasteiger partial charge in [-0.25, -0.2) is 0 Å². The number of alkyl halides is 4. The Morgan fingerprint density at radius 2 is 1.44 bits per heavy atom. The molecule has 1 aliphatic carbocycles. The minimum absolute atomic E-state index is 0.546. The van der Waals surface area contributed by atoms with Crippen LogP contribution in [0.25, 0.3) is 0 Å². The Labute approximate surface area is 110 Å². The molecule has 0 bridgehead atoms. The minimum atomic E-state index is 0.546. The standard InChI is InChI=1S/C5H6I4/c1-5(9)3(7)2(6)4(5)8/h2-4H,1H3. The molecule has 0 radical (unpaired) electrons. The summed E-state index contributed by atoms with van der Waals surface area (Å²) in [5.41, 5.74) is 0. The summed E-state index contributed by atoms with van der Waals surface area (Å²) in [6.07, 6.45) is 0. The van der Waals surface area contributed by atoms with Crippen molar-refractivity contribution in [1.29, 1.82) is 0 Å². The van der Waals surface area contributed by atoms with Crippen molar-refractivity contribution in [3.63, 3.8) is 0 Å². The van der Waals surface area contributed by atoms with Gasteiger partial charge in [-0.15, -0.1) is 0 Å². The molecule has 0 aromatic carbocycles. The molecule has 1 saturated carbocycles. The van der Waals surface area contributed by atoms with Gasteiger partial charge in [-0.05, 0) is 6.92 Å². The molecule has 0 heterocycles. The molecule has 9 heavy (non-hydrogen) atoms. The summed E-state index contributed by atoms with van der Waals surface area (Å²) < 4.78 is 3.15. The molecule has 2 atom stereocenters. The second-order valence-corrected chi connectivity index (χ2v) is 8.85. The van der Waals surface area contributed by atoms with Gasteiger partial charge in [0.05, 0.1) is 0 Å². The fourth-order valence-electron chi connectivity index (χ4n) is 0.805. The van der Waals surface area contributed by atoms with Gasteiger partial charge in [0.15, 0.2) is 0 Å². The molecule has 0 aromatic heterocycles. The van der Waals surface area contributed by atoms with E-state index in [9.17, 15) is 0 Å². The molecule has 0 amide bonds. The second kappa shape index (κ2) is 3.35. The van der Waals surface area contributed by atoms with Crippen LogP contribution < -0.4 is 0 Å². The van der Waals surface area contributed by atoms with Gasteiger partial charge in [0.1, 0.15) is 0 Å². The van der Waals surface area contributed by atoms with Gasteiger partial charge in [0.2, 0.25) is 0 Å². The first-order valence-electron chi connectivity index (χ1n) is 2.59. The van der Waals surface area contributed by atoms with Crippen molar-refractivity contribution in [2.45, 2.75) is 22.1 Å². The zero-order chi connectivity index (χ0) is 7.23. The lowest BCUT2D eigenvalue weighted by Gasteiger charge is -2.49. The molecule has 0 saturated heterocycles. The largest absolute Gasteiger partial charge is 0.0802 e. The van der Waals surface area contributed by atoms with Gasteiger partial charge in [0, 0.05) is 15.2 Å². The lowest BCUT2D eigenvalue weighted by atomic mass is 9.87. The van der Waals surface area contributed by atoms with Gasteiger partial charge in [-0.3, -0.25) is 0 Å². The van der Waals surface area contributed by atoms with E-state index in [1.54, 1.807) is 0 Å². The van der Waals surface area contributed by atoms with Crippen LogP contribution in [-0.4, -0.2) is 15.2 Å². The van der Waals surface area contributed by atoms with Crippen LogP contribution in [0.3, 0.4) is 0 Å². The van der Waals surface area contributed by atoms with Crippen molar-refractivity contribution < 1.29 is 0 Å². The maximum Gasteiger partial charge on any atom is 0.0450 e. The van der Waals surface area contributed by atoms with Crippen LogP contribution >= 0.6 is 90.4 Å². The average Bonchev–Trinajstić information content (AvgIpc) is 1.84. The second-order valence-electron chi connectivity index (χ2n) is 2.40. The Balaban J connectivity index is 2.62. The van der Waals surface area contributed by atoms with Gasteiger partial charge in [0.25, 0.3) is 0 Å². The summed E-state index contributed by atoms with van der Waals surface area (Å²) in [7, 11) is 0. The molecule has 0 spiro atoms. The lowest BCUT2D eigenvalue weighted by molar-refractivity contribution is 0.511. The van der Waals surface area contributed by atoms with Crippen LogP contribution in [0.15, 0.2) is 0 Å². The van der Waals surface area contributed by atoms with Crippen molar-refractivity contribution in [2.24, 2.45) is 0 Å². The highest BCUT2D eigenvalue weighted by atomic mass is 127. The molecule has 54 valence electrons. The normalized spacial score (nSPS) is 59.0. The summed E-state index contributed by atoms with van der Waals surface area (Å²) in [5.74, 6) is 0. The van der Waals surface area contributed by atoms with Crippen molar-refractivity contribution >= 4 is 90.4 Å². The Hall–Kier alpha value is 2.92. The first-order valence-corrected chi connectivity index (χ1v) is 7.40. The predicted octanol–water partition coefficient (Wildman–Crippen LogP) is 3.60. The van der Waals surface area contributed by atoms with E-state index in [0.29, 0.717) is 3.42 Å². The number of rotatable bonds is 0. The SMILES string of the molecule is CC1(I)C(I)C(I)C1I. The summed E-state index contributed by atoms with van der Waals surface area (Å²) >= 11 is 10.2. The molecule has 1 rings (SSSR count). The van der Waals surface area contributed by atoms with Crippen LogP contribution in [-0.2, 0) is 0 Å². The molecule has 0 N–H and O–H groups in total. The van der Waals surface area contributed by atoms with E-state index in [1.165, 1.54) is 0 Å². The maximum absolute atomic E-state index is 2.57. The molecular weight excluding hydrogens is 568 g/mol. The fraction of sp³-hybridized carbons (Fsp3) is 1.00. The lowest BCUT2D eigenvalue weighted by Crippen LogP contribution is -2.59. The first kappa shape index (κ1) is 10.0. The molecule has 1 fully saturated rings. The summed E-state index contributed by atoms with van der Waals surface area (Å²) in [6.45, 7) is 2.34. The zero-order valence-electron chi connectivity index (χ0n) is 4.74. The molecular formula is C5H6I4. The number of hydrogen-bond donors (Lipinski definition) is 0. The average molecular weight is 574 g/mol. The quantitative estimate of drug-likeness (QED) is 0.307. The maximum atomic E-state index is 2.57. The molecule has 0 aromatic rings. The van der Waals surface area contributed by atoms with Gasteiger partial charge < -0.3 is 0 Å². The Morgan fingerprint density at radius 1 is 1.11 bits per heavy atom. The van der Waals surface area contributed by atoms with Crippen LogP contribution in [0.1, 0.15) is 6.92 Å². The molecule has 1 aliphatic rings. The summed E-state index contributed by atoms with van der Waals surface area (Å²) in [5, 5.41) is 0. The van der Waals surface area contributed by atoms with Gasteiger partial charge in [-0.1, -0.05) is 90.4 Å². The highest BCUT2D eigenvalue weighted by Crippen LogP contribution is 2.53. The highest BCUT2D eigenvalue weighted by molar-refractivity contribution is 14.1.